The van der Waals surface area contributed by atoms with Crippen molar-refractivity contribution in [3.63, 3.8) is 0 Å². The molecule has 98 valence electrons. The van der Waals surface area contributed by atoms with E-state index in [1.54, 1.807) is 31.1 Å². The number of nitrogens with zero attached hydrogens (tertiary/aromatic N) is 1. The Balaban J connectivity index is 2.24. The molecule has 1 aromatic rings. The normalized spacial score (nSPS) is 23.2. The van der Waals surface area contributed by atoms with Gasteiger partial charge in [-0.1, -0.05) is 15.9 Å². The third-order valence-electron chi connectivity index (χ3n) is 3.13. The zero-order chi connectivity index (χ0) is 13.3. The SMILES string of the molecule is COc1cc(Br)ccc1C(=O)N1CCC(C)(O)C1. The Kier molecular flexibility index (Phi) is 3.64. The molecule has 1 saturated heterocycles. The second-order valence-corrected chi connectivity index (χ2v) is 5.73. The lowest BCUT2D eigenvalue weighted by molar-refractivity contribution is 0.0570. The van der Waals surface area contributed by atoms with Crippen molar-refractivity contribution < 1.29 is 14.6 Å². The number of carbonyl (C=O) groups is 1. The summed E-state index contributed by atoms with van der Waals surface area (Å²) in [4.78, 5) is 14.0. The van der Waals surface area contributed by atoms with E-state index in [9.17, 15) is 9.90 Å². The predicted octanol–water partition coefficient (Wildman–Crippen LogP) is 2.05. The number of carbonyl (C=O) groups excluding carboxylic acids is 1. The highest BCUT2D eigenvalue weighted by molar-refractivity contribution is 9.10. The average molecular weight is 314 g/mol. The number of benzene rings is 1. The molecule has 1 fully saturated rings. The number of likely N-dealkylation sites (tertiary alicyclic amines) is 1. The first-order valence-corrected chi connectivity index (χ1v) is 6.57. The van der Waals surface area contributed by atoms with Crippen molar-refractivity contribution in [3.8, 4) is 5.75 Å². The van der Waals surface area contributed by atoms with Crippen LogP contribution in [0, 0.1) is 0 Å². The number of halogens is 1. The Labute approximate surface area is 115 Å². The fourth-order valence-corrected chi connectivity index (χ4v) is 2.47. The van der Waals surface area contributed by atoms with Crippen LogP contribution in [0.3, 0.4) is 0 Å². The molecular formula is C13H16BrNO3. The van der Waals surface area contributed by atoms with Crippen LogP contribution in [0.25, 0.3) is 0 Å². The zero-order valence-corrected chi connectivity index (χ0v) is 12.0. The average Bonchev–Trinajstić information content (AvgIpc) is 2.68. The van der Waals surface area contributed by atoms with E-state index in [2.05, 4.69) is 15.9 Å². The zero-order valence-electron chi connectivity index (χ0n) is 10.4. The smallest absolute Gasteiger partial charge is 0.257 e. The Morgan fingerprint density at radius 1 is 1.56 bits per heavy atom. The lowest BCUT2D eigenvalue weighted by atomic mass is 10.1. The first-order chi connectivity index (χ1) is 8.43. The van der Waals surface area contributed by atoms with Crippen molar-refractivity contribution in [3.05, 3.63) is 28.2 Å². The lowest BCUT2D eigenvalue weighted by Gasteiger charge is -2.20. The minimum atomic E-state index is -0.780. The fourth-order valence-electron chi connectivity index (χ4n) is 2.13. The van der Waals surface area contributed by atoms with Crippen LogP contribution in [0.4, 0.5) is 0 Å². The van der Waals surface area contributed by atoms with Crippen LogP contribution in [0.2, 0.25) is 0 Å². The molecule has 1 N–H and O–H groups in total. The third kappa shape index (κ3) is 2.67. The quantitative estimate of drug-likeness (QED) is 0.909. The van der Waals surface area contributed by atoms with E-state index in [1.165, 1.54) is 0 Å². The molecule has 0 radical (unpaired) electrons. The molecule has 0 aromatic heterocycles. The molecule has 1 aliphatic heterocycles. The van der Waals surface area contributed by atoms with Crippen molar-refractivity contribution >= 4 is 21.8 Å². The van der Waals surface area contributed by atoms with E-state index in [-0.39, 0.29) is 5.91 Å². The largest absolute Gasteiger partial charge is 0.496 e. The van der Waals surface area contributed by atoms with Gasteiger partial charge in [0, 0.05) is 17.6 Å². The van der Waals surface area contributed by atoms with Crippen molar-refractivity contribution in [2.45, 2.75) is 18.9 Å². The van der Waals surface area contributed by atoms with Gasteiger partial charge in [-0.15, -0.1) is 0 Å². The maximum absolute atomic E-state index is 12.3. The van der Waals surface area contributed by atoms with Gasteiger partial charge < -0.3 is 14.7 Å². The van der Waals surface area contributed by atoms with E-state index in [0.29, 0.717) is 30.8 Å². The highest BCUT2D eigenvalue weighted by Crippen LogP contribution is 2.28. The topological polar surface area (TPSA) is 49.8 Å². The minimum absolute atomic E-state index is 0.0999. The second kappa shape index (κ2) is 4.90. The first-order valence-electron chi connectivity index (χ1n) is 5.78. The van der Waals surface area contributed by atoms with Crippen LogP contribution in [0.5, 0.6) is 5.75 Å². The van der Waals surface area contributed by atoms with Gasteiger partial charge in [-0.25, -0.2) is 0 Å². The summed E-state index contributed by atoms with van der Waals surface area (Å²) < 4.78 is 6.08. The third-order valence-corrected chi connectivity index (χ3v) is 3.63. The van der Waals surface area contributed by atoms with Gasteiger partial charge in [-0.2, -0.15) is 0 Å². The number of hydrogen-bond donors (Lipinski definition) is 1. The summed E-state index contributed by atoms with van der Waals surface area (Å²) in [5, 5.41) is 9.90. The molecule has 1 heterocycles. The predicted molar refractivity (Wildman–Crippen MR) is 71.8 cm³/mol. The number of methoxy groups -OCH3 is 1. The molecule has 2 rings (SSSR count). The lowest BCUT2D eigenvalue weighted by Crippen LogP contribution is -2.34. The molecule has 1 aromatic carbocycles. The van der Waals surface area contributed by atoms with Gasteiger partial charge in [0.1, 0.15) is 5.75 Å². The van der Waals surface area contributed by atoms with E-state index in [0.717, 1.165) is 4.47 Å². The van der Waals surface area contributed by atoms with E-state index in [4.69, 9.17) is 4.74 Å². The van der Waals surface area contributed by atoms with Crippen molar-refractivity contribution in [1.29, 1.82) is 0 Å². The summed E-state index contributed by atoms with van der Waals surface area (Å²) >= 11 is 3.34. The number of aliphatic hydroxyl groups is 1. The van der Waals surface area contributed by atoms with Crippen LogP contribution in [-0.2, 0) is 0 Å². The molecular weight excluding hydrogens is 298 g/mol. The molecule has 1 amide bonds. The van der Waals surface area contributed by atoms with E-state index < -0.39 is 5.60 Å². The van der Waals surface area contributed by atoms with Gasteiger partial charge in [0.05, 0.1) is 18.3 Å². The Hall–Kier alpha value is -1.07. The highest BCUT2D eigenvalue weighted by atomic mass is 79.9. The van der Waals surface area contributed by atoms with Crippen molar-refractivity contribution in [2.75, 3.05) is 20.2 Å². The van der Waals surface area contributed by atoms with E-state index >= 15 is 0 Å². The van der Waals surface area contributed by atoms with Crippen LogP contribution in [0.15, 0.2) is 22.7 Å². The van der Waals surface area contributed by atoms with Crippen molar-refractivity contribution in [2.24, 2.45) is 0 Å². The van der Waals surface area contributed by atoms with Gasteiger partial charge in [0.2, 0.25) is 0 Å². The van der Waals surface area contributed by atoms with Gasteiger partial charge in [-0.05, 0) is 31.5 Å². The number of amides is 1. The van der Waals surface area contributed by atoms with Crippen LogP contribution < -0.4 is 4.74 Å². The Bertz CT molecular complexity index is 473. The molecule has 1 unspecified atom stereocenters. The molecule has 5 heteroatoms. The molecule has 0 bridgehead atoms. The van der Waals surface area contributed by atoms with Gasteiger partial charge in [-0.3, -0.25) is 4.79 Å². The summed E-state index contributed by atoms with van der Waals surface area (Å²) in [5.41, 5.74) is -0.253. The summed E-state index contributed by atoms with van der Waals surface area (Å²) in [6.45, 7) is 2.69. The minimum Gasteiger partial charge on any atom is -0.496 e. The Morgan fingerprint density at radius 2 is 2.28 bits per heavy atom. The number of ether oxygens (including phenoxy) is 1. The van der Waals surface area contributed by atoms with E-state index in [1.807, 2.05) is 6.07 Å². The fraction of sp³-hybridized carbons (Fsp3) is 0.462. The van der Waals surface area contributed by atoms with Crippen molar-refractivity contribution in [1.82, 2.24) is 4.90 Å². The van der Waals surface area contributed by atoms with Crippen LogP contribution in [-0.4, -0.2) is 41.7 Å². The van der Waals surface area contributed by atoms with Crippen LogP contribution >= 0.6 is 15.9 Å². The molecule has 0 spiro atoms. The molecule has 0 saturated carbocycles. The monoisotopic (exact) mass is 313 g/mol. The van der Waals surface area contributed by atoms with Gasteiger partial charge in [0.15, 0.2) is 0 Å². The first kappa shape index (κ1) is 13.4. The summed E-state index contributed by atoms with van der Waals surface area (Å²) in [6.07, 6.45) is 0.609. The highest BCUT2D eigenvalue weighted by Gasteiger charge is 2.35. The number of hydrogen-bond acceptors (Lipinski definition) is 3. The number of rotatable bonds is 2. The molecule has 4 nitrogen and oxygen atoms in total. The molecule has 1 aliphatic rings. The maximum Gasteiger partial charge on any atom is 0.257 e. The van der Waals surface area contributed by atoms with Crippen LogP contribution in [0.1, 0.15) is 23.7 Å². The second-order valence-electron chi connectivity index (χ2n) is 4.82. The Morgan fingerprint density at radius 3 is 2.83 bits per heavy atom. The maximum atomic E-state index is 12.3. The summed E-state index contributed by atoms with van der Waals surface area (Å²) in [6, 6.07) is 5.31. The van der Waals surface area contributed by atoms with Gasteiger partial charge in [0.25, 0.3) is 5.91 Å². The standard InChI is InChI=1S/C13H16BrNO3/c1-13(17)5-6-15(8-13)12(16)10-4-3-9(14)7-11(10)18-2/h3-4,7,17H,5-6,8H2,1-2H3. The number of β-amino-alcohol motifs (C(OH)–C–C–N with tert-alkyl or cyclic N) is 1. The summed E-state index contributed by atoms with van der Waals surface area (Å²) in [5.74, 6) is 0.443. The molecule has 18 heavy (non-hydrogen) atoms. The molecule has 1 atom stereocenters. The molecule has 0 aliphatic carbocycles. The summed E-state index contributed by atoms with van der Waals surface area (Å²) in [7, 11) is 1.54. The van der Waals surface area contributed by atoms with Gasteiger partial charge >= 0.3 is 0 Å².